The Hall–Kier alpha value is -0.740. The zero-order chi connectivity index (χ0) is 11.3. The van der Waals surface area contributed by atoms with Crippen LogP contribution in [0.3, 0.4) is 0 Å². The topological polar surface area (TPSA) is 35.5 Å². The van der Waals surface area contributed by atoms with Crippen LogP contribution in [0.15, 0.2) is 22.7 Å². The highest BCUT2D eigenvalue weighted by Crippen LogP contribution is 2.27. The lowest BCUT2D eigenvalue weighted by atomic mass is 10.3. The molecule has 5 heteroatoms. The highest BCUT2D eigenvalue weighted by atomic mass is 79.9. The lowest BCUT2D eigenvalue weighted by Gasteiger charge is -2.05. The number of rotatable bonds is 4. The molecule has 15 heavy (non-hydrogen) atoms. The SMILES string of the molecule is CCCC(=O)OOc1ccc(Br)cc1Cl. The largest absolute Gasteiger partial charge is 0.355 e. The van der Waals surface area contributed by atoms with Gasteiger partial charge in [0.2, 0.25) is 0 Å². The second-order valence-corrected chi connectivity index (χ2v) is 4.19. The molecule has 0 aliphatic heterocycles. The van der Waals surface area contributed by atoms with Gasteiger partial charge >= 0.3 is 5.97 Å². The van der Waals surface area contributed by atoms with Crippen molar-refractivity contribution >= 4 is 33.5 Å². The maximum absolute atomic E-state index is 11.0. The summed E-state index contributed by atoms with van der Waals surface area (Å²) in [6.45, 7) is 1.88. The lowest BCUT2D eigenvalue weighted by molar-refractivity contribution is -0.213. The first kappa shape index (κ1) is 12.3. The molecule has 0 radical (unpaired) electrons. The Kier molecular flexibility index (Phi) is 4.91. The van der Waals surface area contributed by atoms with E-state index in [1.165, 1.54) is 0 Å². The molecule has 0 aliphatic rings. The summed E-state index contributed by atoms with van der Waals surface area (Å²) in [6, 6.07) is 5.02. The molecule has 0 aliphatic carbocycles. The Balaban J connectivity index is 2.54. The van der Waals surface area contributed by atoms with Crippen LogP contribution in [0, 0.1) is 0 Å². The van der Waals surface area contributed by atoms with Gasteiger partial charge in [-0.25, -0.2) is 4.79 Å². The van der Waals surface area contributed by atoms with Gasteiger partial charge in [-0.3, -0.25) is 9.78 Å². The van der Waals surface area contributed by atoms with Gasteiger partial charge in [-0.15, -0.1) is 0 Å². The molecule has 0 saturated carbocycles. The van der Waals surface area contributed by atoms with Crippen LogP contribution in [0.1, 0.15) is 19.8 Å². The average molecular weight is 294 g/mol. The van der Waals surface area contributed by atoms with E-state index < -0.39 is 5.97 Å². The zero-order valence-corrected chi connectivity index (χ0v) is 10.5. The molecule has 1 rings (SSSR count). The Morgan fingerprint density at radius 3 is 2.87 bits per heavy atom. The van der Waals surface area contributed by atoms with Crippen molar-refractivity contribution in [3.05, 3.63) is 27.7 Å². The molecular weight excluding hydrogens is 283 g/mol. The molecule has 0 aromatic heterocycles. The first-order chi connectivity index (χ1) is 7.13. The normalized spacial score (nSPS) is 9.80. The molecule has 0 fully saturated rings. The van der Waals surface area contributed by atoms with Crippen LogP contribution in [0.2, 0.25) is 5.02 Å². The summed E-state index contributed by atoms with van der Waals surface area (Å²) in [5.74, 6) is -0.0826. The van der Waals surface area contributed by atoms with Gasteiger partial charge in [0.25, 0.3) is 0 Å². The standard InChI is InChI=1S/C10H10BrClO3/c1-2-3-10(13)15-14-9-5-4-7(11)6-8(9)12/h4-6H,2-3H2,1H3. The van der Waals surface area contributed by atoms with Crippen LogP contribution in [-0.4, -0.2) is 5.97 Å². The van der Waals surface area contributed by atoms with Crippen molar-refractivity contribution in [2.24, 2.45) is 0 Å². The molecule has 0 bridgehead atoms. The summed E-state index contributed by atoms with van der Waals surface area (Å²) in [4.78, 5) is 20.3. The molecule has 0 N–H and O–H groups in total. The van der Waals surface area contributed by atoms with E-state index in [0.717, 1.165) is 10.9 Å². The van der Waals surface area contributed by atoms with Crippen LogP contribution in [-0.2, 0) is 9.68 Å². The number of benzene rings is 1. The molecule has 1 aromatic rings. The van der Waals surface area contributed by atoms with E-state index in [2.05, 4.69) is 20.8 Å². The van der Waals surface area contributed by atoms with Crippen molar-refractivity contribution in [2.75, 3.05) is 0 Å². The molecule has 0 amide bonds. The number of carbonyl (C=O) groups is 1. The fourth-order valence-electron chi connectivity index (χ4n) is 0.880. The molecule has 0 heterocycles. The Bertz CT molecular complexity index is 355. The summed E-state index contributed by atoms with van der Waals surface area (Å²) < 4.78 is 0.833. The van der Waals surface area contributed by atoms with Gasteiger partial charge < -0.3 is 0 Å². The summed E-state index contributed by atoms with van der Waals surface area (Å²) in [7, 11) is 0. The molecular formula is C10H10BrClO3. The van der Waals surface area contributed by atoms with E-state index in [4.69, 9.17) is 16.5 Å². The minimum atomic E-state index is -0.406. The minimum absolute atomic E-state index is 0.323. The van der Waals surface area contributed by atoms with Crippen LogP contribution < -0.4 is 4.89 Å². The molecule has 0 spiro atoms. The molecule has 1 aromatic carbocycles. The van der Waals surface area contributed by atoms with Gasteiger partial charge in [0.05, 0.1) is 5.02 Å². The highest BCUT2D eigenvalue weighted by Gasteiger charge is 2.07. The van der Waals surface area contributed by atoms with E-state index in [1.807, 2.05) is 6.92 Å². The monoisotopic (exact) mass is 292 g/mol. The van der Waals surface area contributed by atoms with Gasteiger partial charge in [-0.1, -0.05) is 34.5 Å². The molecule has 3 nitrogen and oxygen atoms in total. The molecule has 82 valence electrons. The third-order valence-electron chi connectivity index (χ3n) is 1.57. The Morgan fingerprint density at radius 2 is 2.27 bits per heavy atom. The average Bonchev–Trinajstić information content (AvgIpc) is 2.17. The smallest absolute Gasteiger partial charge is 0.285 e. The lowest BCUT2D eigenvalue weighted by Crippen LogP contribution is -2.07. The number of halogens is 2. The third-order valence-corrected chi connectivity index (χ3v) is 2.36. The van der Waals surface area contributed by atoms with Crippen molar-refractivity contribution < 1.29 is 14.6 Å². The predicted molar refractivity (Wildman–Crippen MR) is 60.8 cm³/mol. The van der Waals surface area contributed by atoms with E-state index in [1.54, 1.807) is 18.2 Å². The van der Waals surface area contributed by atoms with Crippen LogP contribution >= 0.6 is 27.5 Å². The van der Waals surface area contributed by atoms with Crippen molar-refractivity contribution in [3.8, 4) is 5.75 Å². The van der Waals surface area contributed by atoms with Gasteiger partial charge in [0.15, 0.2) is 5.75 Å². The number of carbonyl (C=O) groups excluding carboxylic acids is 1. The van der Waals surface area contributed by atoms with E-state index in [0.29, 0.717) is 17.2 Å². The van der Waals surface area contributed by atoms with E-state index >= 15 is 0 Å². The van der Waals surface area contributed by atoms with Gasteiger partial charge in [-0.05, 0) is 24.6 Å². The third kappa shape index (κ3) is 4.10. The summed E-state index contributed by atoms with van der Waals surface area (Å²) in [5.41, 5.74) is 0. The Labute approximate surface area is 101 Å². The summed E-state index contributed by atoms with van der Waals surface area (Å²) in [5, 5.41) is 0.383. The fourth-order valence-corrected chi connectivity index (χ4v) is 1.58. The molecule has 0 unspecified atom stereocenters. The molecule has 0 saturated heterocycles. The van der Waals surface area contributed by atoms with Crippen LogP contribution in [0.25, 0.3) is 0 Å². The van der Waals surface area contributed by atoms with Crippen molar-refractivity contribution in [2.45, 2.75) is 19.8 Å². The van der Waals surface area contributed by atoms with Crippen molar-refractivity contribution in [3.63, 3.8) is 0 Å². The highest BCUT2D eigenvalue weighted by molar-refractivity contribution is 9.10. The predicted octanol–water partition coefficient (Wildman–Crippen LogP) is 3.74. The molecule has 0 atom stereocenters. The summed E-state index contributed by atoms with van der Waals surface area (Å²) in [6.07, 6.45) is 1.05. The zero-order valence-electron chi connectivity index (χ0n) is 8.13. The first-order valence-electron chi connectivity index (χ1n) is 4.46. The summed E-state index contributed by atoms with van der Waals surface area (Å²) >= 11 is 9.10. The number of hydrogen-bond donors (Lipinski definition) is 0. The van der Waals surface area contributed by atoms with Gasteiger partial charge in [0.1, 0.15) is 0 Å². The van der Waals surface area contributed by atoms with Gasteiger partial charge in [0, 0.05) is 10.9 Å². The van der Waals surface area contributed by atoms with Crippen LogP contribution in [0.4, 0.5) is 0 Å². The van der Waals surface area contributed by atoms with Crippen molar-refractivity contribution in [1.82, 2.24) is 0 Å². The second-order valence-electron chi connectivity index (χ2n) is 2.86. The van der Waals surface area contributed by atoms with Crippen LogP contribution in [0.5, 0.6) is 5.75 Å². The number of hydrogen-bond acceptors (Lipinski definition) is 3. The first-order valence-corrected chi connectivity index (χ1v) is 5.63. The maximum Gasteiger partial charge on any atom is 0.355 e. The van der Waals surface area contributed by atoms with Gasteiger partial charge in [-0.2, -0.15) is 0 Å². The van der Waals surface area contributed by atoms with E-state index in [9.17, 15) is 4.79 Å². The Morgan fingerprint density at radius 1 is 1.53 bits per heavy atom. The maximum atomic E-state index is 11.0. The van der Waals surface area contributed by atoms with E-state index in [-0.39, 0.29) is 0 Å². The fraction of sp³-hybridized carbons (Fsp3) is 0.300. The second kappa shape index (κ2) is 5.98. The quantitative estimate of drug-likeness (QED) is 0.626. The van der Waals surface area contributed by atoms with Crippen molar-refractivity contribution in [1.29, 1.82) is 0 Å². The minimum Gasteiger partial charge on any atom is -0.285 e.